The van der Waals surface area contributed by atoms with Gasteiger partial charge >= 0.3 is 0 Å². The number of aliphatic hydroxyl groups excluding tert-OH is 1. The van der Waals surface area contributed by atoms with E-state index < -0.39 is 0 Å². The SMILES string of the molecule is CCC(C)NC(=O)COc1ccc(CO)cc1Cl. The zero-order valence-corrected chi connectivity index (χ0v) is 11.3. The number of ether oxygens (including phenoxy) is 1. The molecule has 0 aliphatic carbocycles. The Morgan fingerprint density at radius 1 is 1.56 bits per heavy atom. The van der Waals surface area contributed by atoms with Crippen LogP contribution in [0.5, 0.6) is 5.75 Å². The van der Waals surface area contributed by atoms with Gasteiger partial charge < -0.3 is 15.2 Å². The highest BCUT2D eigenvalue weighted by Gasteiger charge is 2.08. The Hall–Kier alpha value is -1.26. The molecule has 0 saturated heterocycles. The highest BCUT2D eigenvalue weighted by atomic mass is 35.5. The van der Waals surface area contributed by atoms with E-state index in [0.29, 0.717) is 16.3 Å². The molecule has 0 aliphatic heterocycles. The van der Waals surface area contributed by atoms with Crippen LogP contribution in [-0.2, 0) is 11.4 Å². The minimum Gasteiger partial charge on any atom is -0.482 e. The molecule has 1 aromatic carbocycles. The second-order valence-electron chi connectivity index (χ2n) is 4.09. The lowest BCUT2D eigenvalue weighted by Gasteiger charge is -2.12. The summed E-state index contributed by atoms with van der Waals surface area (Å²) in [5.74, 6) is 0.264. The lowest BCUT2D eigenvalue weighted by molar-refractivity contribution is -0.123. The zero-order valence-electron chi connectivity index (χ0n) is 10.6. The third-order valence-corrected chi connectivity index (χ3v) is 2.85. The molecule has 1 aromatic rings. The standard InChI is InChI=1S/C13H18ClNO3/c1-3-9(2)15-13(17)8-18-12-5-4-10(7-16)6-11(12)14/h4-6,9,16H,3,7-8H2,1-2H3,(H,15,17). The zero-order chi connectivity index (χ0) is 13.5. The fourth-order valence-corrected chi connectivity index (χ4v) is 1.58. The Bertz CT molecular complexity index is 409. The van der Waals surface area contributed by atoms with Crippen molar-refractivity contribution in [3.05, 3.63) is 28.8 Å². The first-order chi connectivity index (χ1) is 8.56. The number of hydrogen-bond acceptors (Lipinski definition) is 3. The molecule has 2 N–H and O–H groups in total. The second kappa shape index (κ2) is 7.24. The Morgan fingerprint density at radius 2 is 2.28 bits per heavy atom. The highest BCUT2D eigenvalue weighted by molar-refractivity contribution is 6.32. The van der Waals surface area contributed by atoms with E-state index in [-0.39, 0.29) is 25.2 Å². The predicted molar refractivity (Wildman–Crippen MR) is 70.8 cm³/mol. The van der Waals surface area contributed by atoms with Gasteiger partial charge in [-0.25, -0.2) is 0 Å². The van der Waals surface area contributed by atoms with Gasteiger partial charge in [-0.2, -0.15) is 0 Å². The molecule has 1 unspecified atom stereocenters. The molecule has 0 heterocycles. The Balaban J connectivity index is 2.51. The number of rotatable bonds is 6. The lowest BCUT2D eigenvalue weighted by Crippen LogP contribution is -2.35. The molecule has 1 amide bonds. The second-order valence-corrected chi connectivity index (χ2v) is 4.50. The minimum atomic E-state index is -0.174. The summed E-state index contributed by atoms with van der Waals surface area (Å²) in [6, 6.07) is 5.09. The molecule has 0 bridgehead atoms. The number of nitrogens with one attached hydrogen (secondary N) is 1. The average molecular weight is 272 g/mol. The van der Waals surface area contributed by atoms with Crippen LogP contribution in [0.1, 0.15) is 25.8 Å². The van der Waals surface area contributed by atoms with Crippen LogP contribution < -0.4 is 10.1 Å². The van der Waals surface area contributed by atoms with Crippen molar-refractivity contribution >= 4 is 17.5 Å². The molecule has 0 spiro atoms. The summed E-state index contributed by atoms with van der Waals surface area (Å²) in [5.41, 5.74) is 0.705. The summed E-state index contributed by atoms with van der Waals surface area (Å²) in [7, 11) is 0. The fourth-order valence-electron chi connectivity index (χ4n) is 1.32. The summed E-state index contributed by atoms with van der Waals surface area (Å²) >= 11 is 5.96. The molecule has 0 fully saturated rings. The van der Waals surface area contributed by atoms with E-state index in [0.717, 1.165) is 6.42 Å². The van der Waals surface area contributed by atoms with Crippen LogP contribution in [0.15, 0.2) is 18.2 Å². The first-order valence-corrected chi connectivity index (χ1v) is 6.26. The summed E-state index contributed by atoms with van der Waals surface area (Å²) in [6.07, 6.45) is 0.873. The third kappa shape index (κ3) is 4.55. The molecule has 0 radical (unpaired) electrons. The quantitative estimate of drug-likeness (QED) is 0.833. The van der Waals surface area contributed by atoms with E-state index in [9.17, 15) is 4.79 Å². The number of benzene rings is 1. The van der Waals surface area contributed by atoms with Crippen LogP contribution >= 0.6 is 11.6 Å². The topological polar surface area (TPSA) is 58.6 Å². The minimum absolute atomic E-state index is 0.0669. The third-order valence-electron chi connectivity index (χ3n) is 2.56. The van der Waals surface area contributed by atoms with Crippen molar-refractivity contribution in [3.63, 3.8) is 0 Å². The van der Waals surface area contributed by atoms with Crippen LogP contribution in [0.25, 0.3) is 0 Å². The first-order valence-electron chi connectivity index (χ1n) is 5.88. The van der Waals surface area contributed by atoms with Crippen LogP contribution in [-0.4, -0.2) is 23.7 Å². The molecule has 5 heteroatoms. The molecular formula is C13H18ClNO3. The van der Waals surface area contributed by atoms with E-state index in [1.165, 1.54) is 0 Å². The van der Waals surface area contributed by atoms with Gasteiger partial charge in [0.15, 0.2) is 6.61 Å². The summed E-state index contributed by atoms with van der Waals surface area (Å²) < 4.78 is 5.32. The average Bonchev–Trinajstić information content (AvgIpc) is 2.36. The molecule has 0 saturated carbocycles. The van der Waals surface area contributed by atoms with E-state index in [1.54, 1.807) is 18.2 Å². The van der Waals surface area contributed by atoms with E-state index in [1.807, 2.05) is 13.8 Å². The number of carbonyl (C=O) groups is 1. The maximum atomic E-state index is 11.5. The molecule has 0 aromatic heterocycles. The molecule has 1 atom stereocenters. The van der Waals surface area contributed by atoms with Gasteiger partial charge in [0, 0.05) is 6.04 Å². The maximum Gasteiger partial charge on any atom is 0.258 e. The Morgan fingerprint density at radius 3 is 2.83 bits per heavy atom. The number of carbonyl (C=O) groups excluding carboxylic acids is 1. The molecule has 4 nitrogen and oxygen atoms in total. The van der Waals surface area contributed by atoms with Crippen molar-refractivity contribution in [1.82, 2.24) is 5.32 Å². The van der Waals surface area contributed by atoms with Gasteiger partial charge in [0.1, 0.15) is 5.75 Å². The van der Waals surface area contributed by atoms with E-state index >= 15 is 0 Å². The largest absolute Gasteiger partial charge is 0.482 e. The maximum absolute atomic E-state index is 11.5. The van der Waals surface area contributed by atoms with Gasteiger partial charge in [0.25, 0.3) is 5.91 Å². The van der Waals surface area contributed by atoms with Gasteiger partial charge in [0.05, 0.1) is 11.6 Å². The monoisotopic (exact) mass is 271 g/mol. The van der Waals surface area contributed by atoms with Gasteiger partial charge in [0.2, 0.25) is 0 Å². The van der Waals surface area contributed by atoms with Crippen molar-refractivity contribution in [3.8, 4) is 5.75 Å². The van der Waals surface area contributed by atoms with Gasteiger partial charge in [-0.3, -0.25) is 4.79 Å². The Labute approximate surface area is 112 Å². The first kappa shape index (κ1) is 14.8. The van der Waals surface area contributed by atoms with Crippen LogP contribution in [0.4, 0.5) is 0 Å². The summed E-state index contributed by atoms with van der Waals surface area (Å²) in [6.45, 7) is 3.79. The van der Waals surface area contributed by atoms with Gasteiger partial charge in [-0.1, -0.05) is 24.6 Å². The van der Waals surface area contributed by atoms with Crippen molar-refractivity contribution in [2.45, 2.75) is 32.9 Å². The van der Waals surface area contributed by atoms with Crippen LogP contribution in [0.2, 0.25) is 5.02 Å². The molecule has 0 aliphatic rings. The molecule has 18 heavy (non-hydrogen) atoms. The number of amides is 1. The molecule has 1 rings (SSSR count). The van der Waals surface area contributed by atoms with Crippen molar-refractivity contribution in [2.75, 3.05) is 6.61 Å². The van der Waals surface area contributed by atoms with Crippen molar-refractivity contribution < 1.29 is 14.6 Å². The summed E-state index contributed by atoms with van der Waals surface area (Å²) in [5, 5.41) is 12.1. The summed E-state index contributed by atoms with van der Waals surface area (Å²) in [4.78, 5) is 11.5. The molecular weight excluding hydrogens is 254 g/mol. The highest BCUT2D eigenvalue weighted by Crippen LogP contribution is 2.25. The smallest absolute Gasteiger partial charge is 0.258 e. The number of aliphatic hydroxyl groups is 1. The van der Waals surface area contributed by atoms with Gasteiger partial charge in [-0.15, -0.1) is 0 Å². The van der Waals surface area contributed by atoms with Crippen LogP contribution in [0, 0.1) is 0 Å². The Kier molecular flexibility index (Phi) is 5.95. The van der Waals surface area contributed by atoms with Crippen molar-refractivity contribution in [1.29, 1.82) is 0 Å². The lowest BCUT2D eigenvalue weighted by atomic mass is 10.2. The van der Waals surface area contributed by atoms with E-state index in [2.05, 4.69) is 5.32 Å². The predicted octanol–water partition coefficient (Wildman–Crippen LogP) is 2.13. The van der Waals surface area contributed by atoms with Gasteiger partial charge in [-0.05, 0) is 31.0 Å². The number of halogens is 1. The van der Waals surface area contributed by atoms with E-state index in [4.69, 9.17) is 21.4 Å². The van der Waals surface area contributed by atoms with Crippen molar-refractivity contribution in [2.24, 2.45) is 0 Å². The number of hydrogen-bond donors (Lipinski definition) is 2. The normalized spacial score (nSPS) is 12.0. The van der Waals surface area contributed by atoms with Crippen LogP contribution in [0.3, 0.4) is 0 Å². The fraction of sp³-hybridized carbons (Fsp3) is 0.462. The molecule has 100 valence electrons.